The molecule has 100 valence electrons. The fourth-order valence-electron chi connectivity index (χ4n) is 3.63. The van der Waals surface area contributed by atoms with Gasteiger partial charge in [0.15, 0.2) is 0 Å². The SMILES string of the molecule is CN(CC1CCCC1)C1CCCC(N)(CO)C1. The standard InChI is InChI=1S/C14H28N2O/c1-16(10-12-5-2-3-6-12)13-7-4-8-14(15,9-13)11-17/h12-13,17H,2-11,15H2,1H3. The maximum absolute atomic E-state index is 9.39. The van der Waals surface area contributed by atoms with Crippen LogP contribution in [0.2, 0.25) is 0 Å². The second kappa shape index (κ2) is 5.68. The number of aliphatic hydroxyl groups is 1. The van der Waals surface area contributed by atoms with Crippen LogP contribution in [0.15, 0.2) is 0 Å². The number of aliphatic hydroxyl groups excluding tert-OH is 1. The van der Waals surface area contributed by atoms with E-state index in [0.29, 0.717) is 6.04 Å². The summed E-state index contributed by atoms with van der Waals surface area (Å²) in [5.74, 6) is 0.906. The first-order valence-electron chi connectivity index (χ1n) is 7.23. The largest absolute Gasteiger partial charge is 0.394 e. The van der Waals surface area contributed by atoms with Crippen LogP contribution < -0.4 is 5.73 Å². The van der Waals surface area contributed by atoms with Crippen molar-refractivity contribution in [2.75, 3.05) is 20.2 Å². The third-order valence-corrected chi connectivity index (χ3v) is 4.81. The van der Waals surface area contributed by atoms with Crippen LogP contribution in [-0.4, -0.2) is 41.8 Å². The van der Waals surface area contributed by atoms with Gasteiger partial charge in [0, 0.05) is 18.1 Å². The molecule has 2 atom stereocenters. The smallest absolute Gasteiger partial charge is 0.0611 e. The van der Waals surface area contributed by atoms with Gasteiger partial charge in [-0.3, -0.25) is 0 Å². The van der Waals surface area contributed by atoms with Gasteiger partial charge in [-0.1, -0.05) is 12.8 Å². The molecule has 0 heterocycles. The minimum atomic E-state index is -0.313. The minimum absolute atomic E-state index is 0.140. The third kappa shape index (κ3) is 3.43. The number of nitrogens with two attached hydrogens (primary N) is 1. The first-order valence-corrected chi connectivity index (χ1v) is 7.23. The molecule has 2 aliphatic carbocycles. The summed E-state index contributed by atoms with van der Waals surface area (Å²) in [5, 5.41) is 9.39. The second-order valence-corrected chi connectivity index (χ2v) is 6.36. The van der Waals surface area contributed by atoms with Gasteiger partial charge < -0.3 is 15.7 Å². The highest BCUT2D eigenvalue weighted by molar-refractivity contribution is 4.93. The highest BCUT2D eigenvalue weighted by Gasteiger charge is 2.34. The molecule has 0 aromatic rings. The maximum Gasteiger partial charge on any atom is 0.0611 e. The van der Waals surface area contributed by atoms with Crippen molar-refractivity contribution in [3.05, 3.63) is 0 Å². The highest BCUT2D eigenvalue weighted by atomic mass is 16.3. The zero-order valence-electron chi connectivity index (χ0n) is 11.2. The zero-order chi connectivity index (χ0) is 12.3. The van der Waals surface area contributed by atoms with Gasteiger partial charge in [0.25, 0.3) is 0 Å². The van der Waals surface area contributed by atoms with Crippen molar-refractivity contribution < 1.29 is 5.11 Å². The molecule has 0 bridgehead atoms. The quantitative estimate of drug-likeness (QED) is 0.787. The van der Waals surface area contributed by atoms with Crippen molar-refractivity contribution in [2.45, 2.75) is 62.9 Å². The van der Waals surface area contributed by atoms with E-state index in [2.05, 4.69) is 11.9 Å². The molecule has 0 aromatic carbocycles. The van der Waals surface area contributed by atoms with Crippen LogP contribution in [0.3, 0.4) is 0 Å². The molecule has 2 aliphatic rings. The summed E-state index contributed by atoms with van der Waals surface area (Å²) in [6, 6.07) is 0.585. The Bertz CT molecular complexity index is 240. The maximum atomic E-state index is 9.39. The van der Waals surface area contributed by atoms with Crippen LogP contribution in [0.1, 0.15) is 51.4 Å². The van der Waals surface area contributed by atoms with Gasteiger partial charge in [-0.2, -0.15) is 0 Å². The molecule has 3 nitrogen and oxygen atoms in total. The summed E-state index contributed by atoms with van der Waals surface area (Å²) in [6.07, 6.45) is 10.0. The van der Waals surface area contributed by atoms with Crippen LogP contribution in [0.25, 0.3) is 0 Å². The van der Waals surface area contributed by atoms with Gasteiger partial charge >= 0.3 is 0 Å². The van der Waals surface area contributed by atoms with Gasteiger partial charge in [0.1, 0.15) is 0 Å². The monoisotopic (exact) mass is 240 g/mol. The third-order valence-electron chi connectivity index (χ3n) is 4.81. The number of nitrogens with zero attached hydrogens (tertiary/aromatic N) is 1. The molecule has 0 spiro atoms. The second-order valence-electron chi connectivity index (χ2n) is 6.36. The summed E-state index contributed by atoms with van der Waals surface area (Å²) in [5.41, 5.74) is 5.91. The molecular weight excluding hydrogens is 212 g/mol. The normalized spacial score (nSPS) is 35.6. The number of rotatable bonds is 4. The van der Waals surface area contributed by atoms with Crippen molar-refractivity contribution in [3.63, 3.8) is 0 Å². The Balaban J connectivity index is 1.83. The molecule has 0 radical (unpaired) electrons. The Labute approximate surface area is 105 Å². The van der Waals surface area contributed by atoms with Gasteiger partial charge in [0.2, 0.25) is 0 Å². The van der Waals surface area contributed by atoms with E-state index < -0.39 is 0 Å². The molecule has 17 heavy (non-hydrogen) atoms. The molecule has 3 heteroatoms. The van der Waals surface area contributed by atoms with Crippen molar-refractivity contribution in [2.24, 2.45) is 11.7 Å². The fourth-order valence-corrected chi connectivity index (χ4v) is 3.63. The van der Waals surface area contributed by atoms with Crippen molar-refractivity contribution in [1.29, 1.82) is 0 Å². The van der Waals surface area contributed by atoms with E-state index >= 15 is 0 Å². The van der Waals surface area contributed by atoms with E-state index in [1.54, 1.807) is 0 Å². The molecule has 0 aromatic heterocycles. The lowest BCUT2D eigenvalue weighted by Crippen LogP contribution is -2.52. The lowest BCUT2D eigenvalue weighted by atomic mass is 9.79. The Hall–Kier alpha value is -0.120. The van der Waals surface area contributed by atoms with Gasteiger partial charge in [-0.05, 0) is 51.5 Å². The van der Waals surface area contributed by atoms with Gasteiger partial charge in [-0.25, -0.2) is 0 Å². The van der Waals surface area contributed by atoms with E-state index in [9.17, 15) is 5.11 Å². The number of hydrogen-bond donors (Lipinski definition) is 2. The van der Waals surface area contributed by atoms with Crippen molar-refractivity contribution in [1.82, 2.24) is 4.90 Å². The zero-order valence-corrected chi connectivity index (χ0v) is 11.2. The lowest BCUT2D eigenvalue weighted by Gasteiger charge is -2.41. The van der Waals surface area contributed by atoms with E-state index in [1.165, 1.54) is 38.6 Å². The predicted molar refractivity (Wildman–Crippen MR) is 70.8 cm³/mol. The van der Waals surface area contributed by atoms with Gasteiger partial charge in [-0.15, -0.1) is 0 Å². The van der Waals surface area contributed by atoms with Crippen LogP contribution in [0, 0.1) is 5.92 Å². The molecule has 2 fully saturated rings. The van der Waals surface area contributed by atoms with Gasteiger partial charge in [0.05, 0.1) is 6.61 Å². The molecular formula is C14H28N2O. The first kappa shape index (κ1) is 13.3. The van der Waals surface area contributed by atoms with E-state index in [-0.39, 0.29) is 12.1 Å². The molecule has 2 rings (SSSR count). The summed E-state index contributed by atoms with van der Waals surface area (Å²) < 4.78 is 0. The molecule has 0 amide bonds. The summed E-state index contributed by atoms with van der Waals surface area (Å²) in [4.78, 5) is 2.51. The predicted octanol–water partition coefficient (Wildman–Crippen LogP) is 1.74. The van der Waals surface area contributed by atoms with Crippen molar-refractivity contribution in [3.8, 4) is 0 Å². The summed E-state index contributed by atoms with van der Waals surface area (Å²) in [6.45, 7) is 1.37. The van der Waals surface area contributed by atoms with Crippen LogP contribution in [0.5, 0.6) is 0 Å². The molecule has 0 saturated heterocycles. The van der Waals surface area contributed by atoms with E-state index in [4.69, 9.17) is 5.73 Å². The first-order chi connectivity index (χ1) is 8.13. The average Bonchev–Trinajstić information content (AvgIpc) is 2.82. The molecule has 2 saturated carbocycles. The molecule has 3 N–H and O–H groups in total. The van der Waals surface area contributed by atoms with E-state index in [0.717, 1.165) is 25.2 Å². The van der Waals surface area contributed by atoms with Crippen LogP contribution >= 0.6 is 0 Å². The van der Waals surface area contributed by atoms with Crippen LogP contribution in [-0.2, 0) is 0 Å². The fraction of sp³-hybridized carbons (Fsp3) is 1.00. The number of hydrogen-bond acceptors (Lipinski definition) is 3. The Morgan fingerprint density at radius 2 is 1.94 bits per heavy atom. The molecule has 0 aliphatic heterocycles. The summed E-state index contributed by atoms with van der Waals surface area (Å²) >= 11 is 0. The van der Waals surface area contributed by atoms with Crippen LogP contribution in [0.4, 0.5) is 0 Å². The lowest BCUT2D eigenvalue weighted by molar-refractivity contribution is 0.0870. The Kier molecular flexibility index (Phi) is 4.45. The summed E-state index contributed by atoms with van der Waals surface area (Å²) in [7, 11) is 2.24. The topological polar surface area (TPSA) is 49.5 Å². The highest BCUT2D eigenvalue weighted by Crippen LogP contribution is 2.31. The van der Waals surface area contributed by atoms with Crippen molar-refractivity contribution >= 4 is 0 Å². The van der Waals surface area contributed by atoms with E-state index in [1.807, 2.05) is 0 Å². The minimum Gasteiger partial charge on any atom is -0.394 e. The average molecular weight is 240 g/mol. The Morgan fingerprint density at radius 3 is 2.59 bits per heavy atom. The molecule has 2 unspecified atom stereocenters. The Morgan fingerprint density at radius 1 is 1.24 bits per heavy atom.